The first-order valence-corrected chi connectivity index (χ1v) is 17.7. The number of aryl methyl sites for hydroxylation is 1. The van der Waals surface area contributed by atoms with Crippen molar-refractivity contribution in [1.82, 2.24) is 25.4 Å². The summed E-state index contributed by atoms with van der Waals surface area (Å²) < 4.78 is 0. The molecule has 10 nitrogen and oxygen atoms in total. The van der Waals surface area contributed by atoms with Crippen LogP contribution >= 0.6 is 11.3 Å². The molecule has 0 aliphatic carbocycles. The van der Waals surface area contributed by atoms with Gasteiger partial charge in [-0.3, -0.25) is 19.3 Å². The van der Waals surface area contributed by atoms with Crippen LogP contribution in [0, 0.1) is 11.8 Å². The summed E-state index contributed by atoms with van der Waals surface area (Å²) in [4.78, 5) is 60.4. The van der Waals surface area contributed by atoms with Gasteiger partial charge in [0.25, 0.3) is 5.91 Å². The Labute approximate surface area is 284 Å². The van der Waals surface area contributed by atoms with Gasteiger partial charge in [0.1, 0.15) is 11.7 Å². The highest BCUT2D eigenvalue weighted by atomic mass is 32.1. The van der Waals surface area contributed by atoms with Gasteiger partial charge in [-0.15, -0.1) is 11.3 Å². The zero-order chi connectivity index (χ0) is 34.7. The average Bonchev–Trinajstić information content (AvgIpc) is 3.52. The van der Waals surface area contributed by atoms with Crippen molar-refractivity contribution in [1.29, 1.82) is 0 Å². The maximum Gasteiger partial charge on any atom is 0.331 e. The number of carbonyl (C=O) groups excluding carboxylic acids is 3. The second kappa shape index (κ2) is 18.1. The van der Waals surface area contributed by atoms with Gasteiger partial charge in [-0.1, -0.05) is 76.9 Å². The molecule has 0 spiro atoms. The molecule has 1 saturated heterocycles. The number of aliphatic carboxylic acids is 1. The van der Waals surface area contributed by atoms with Crippen molar-refractivity contribution in [3.05, 3.63) is 63.6 Å². The van der Waals surface area contributed by atoms with Crippen molar-refractivity contribution >= 4 is 35.0 Å². The van der Waals surface area contributed by atoms with Crippen molar-refractivity contribution in [2.24, 2.45) is 11.8 Å². The van der Waals surface area contributed by atoms with Crippen molar-refractivity contribution in [3.8, 4) is 0 Å². The van der Waals surface area contributed by atoms with Gasteiger partial charge in [0.05, 0.1) is 17.1 Å². The molecule has 2 aromatic rings. The molecule has 1 aromatic heterocycles. The number of likely N-dealkylation sites (tertiary alicyclic amines) is 1. The summed E-state index contributed by atoms with van der Waals surface area (Å²) in [5.74, 6) is -1.42. The summed E-state index contributed by atoms with van der Waals surface area (Å²) in [6, 6.07) is 8.15. The zero-order valence-corrected chi connectivity index (χ0v) is 29.8. The minimum absolute atomic E-state index is 0.0181. The van der Waals surface area contributed by atoms with Crippen LogP contribution in [0.1, 0.15) is 87.8 Å². The van der Waals surface area contributed by atoms with Crippen LogP contribution in [-0.2, 0) is 27.2 Å². The molecule has 1 aliphatic heterocycles. The lowest BCUT2D eigenvalue weighted by molar-refractivity contribution is -0.140. The molecule has 0 radical (unpaired) electrons. The van der Waals surface area contributed by atoms with Gasteiger partial charge in [-0.2, -0.15) is 0 Å². The van der Waals surface area contributed by atoms with E-state index in [-0.39, 0.29) is 52.9 Å². The van der Waals surface area contributed by atoms with E-state index < -0.39 is 18.1 Å². The molecule has 3 amide bonds. The van der Waals surface area contributed by atoms with Gasteiger partial charge in [0.2, 0.25) is 11.8 Å². The molecule has 1 aliphatic rings. The van der Waals surface area contributed by atoms with E-state index in [1.54, 1.807) is 16.4 Å². The van der Waals surface area contributed by atoms with E-state index in [9.17, 15) is 24.3 Å². The molecule has 5 atom stereocenters. The first-order chi connectivity index (χ1) is 22.3. The van der Waals surface area contributed by atoms with Crippen LogP contribution in [0.2, 0.25) is 0 Å². The molecule has 3 rings (SSSR count). The third-order valence-corrected chi connectivity index (χ3v) is 10.2. The molecule has 11 heteroatoms. The Hall–Kier alpha value is -3.57. The van der Waals surface area contributed by atoms with Crippen molar-refractivity contribution in [2.45, 2.75) is 104 Å². The first-order valence-electron chi connectivity index (χ1n) is 16.8. The van der Waals surface area contributed by atoms with Crippen LogP contribution in [0.5, 0.6) is 0 Å². The summed E-state index contributed by atoms with van der Waals surface area (Å²) in [6.07, 6.45) is 6.89. The number of piperidine rings is 1. The molecule has 47 heavy (non-hydrogen) atoms. The van der Waals surface area contributed by atoms with Crippen LogP contribution in [0.25, 0.3) is 0 Å². The van der Waals surface area contributed by atoms with Crippen LogP contribution in [0.3, 0.4) is 0 Å². The number of hydrogen-bond donors (Lipinski definition) is 3. The number of benzene rings is 1. The van der Waals surface area contributed by atoms with E-state index in [0.29, 0.717) is 19.3 Å². The fourth-order valence-corrected chi connectivity index (χ4v) is 6.93. The van der Waals surface area contributed by atoms with Gasteiger partial charge in [0, 0.05) is 30.5 Å². The summed E-state index contributed by atoms with van der Waals surface area (Å²) in [5, 5.41) is 18.0. The largest absolute Gasteiger partial charge is 0.478 e. The minimum Gasteiger partial charge on any atom is -0.478 e. The number of amides is 3. The van der Waals surface area contributed by atoms with Gasteiger partial charge in [0.15, 0.2) is 0 Å². The van der Waals surface area contributed by atoms with E-state index in [0.717, 1.165) is 42.8 Å². The number of carboxylic acid groups (broad SMARTS) is 1. The average molecular weight is 668 g/mol. The second-order valence-corrected chi connectivity index (χ2v) is 14.2. The van der Waals surface area contributed by atoms with E-state index >= 15 is 0 Å². The maximum atomic E-state index is 13.9. The van der Waals surface area contributed by atoms with Crippen LogP contribution in [0.4, 0.5) is 0 Å². The summed E-state index contributed by atoms with van der Waals surface area (Å²) in [7, 11) is 3.79. The Morgan fingerprint density at radius 3 is 2.45 bits per heavy atom. The number of hydrogen-bond acceptors (Lipinski definition) is 7. The highest BCUT2D eigenvalue weighted by molar-refractivity contribution is 7.09. The number of likely N-dealkylation sites (N-methyl/N-ethyl adjacent to an activating group) is 2. The predicted molar refractivity (Wildman–Crippen MR) is 186 cm³/mol. The topological polar surface area (TPSA) is 132 Å². The Morgan fingerprint density at radius 2 is 1.83 bits per heavy atom. The van der Waals surface area contributed by atoms with Crippen molar-refractivity contribution in [2.75, 3.05) is 20.6 Å². The standard InChI is InChI=1S/C36H53N5O5S/c1-8-24(4)32(39-34(43)30-16-12-13-19-40(30)6)35(44)41(7)29(23(2)3)17-18-31-38-28(22-47-31)33(42)37-27(20-25(5)36(45)46)21-26-14-10-9-11-15-26/h9-11,14-15,20,22-24,27,29-30,32H,8,12-13,16-19,21H2,1-7H3,(H,37,42)(H,39,43)(H,45,46)/b25-20+/t24-,27+,29+,30+,32-/m0/s1. The SMILES string of the molecule is CC[C@H](C)[C@H](NC(=O)[C@H]1CCCCN1C)C(=O)N(C)[C@H](CCc1nc(C(=O)N[C@H](/C=C(\C)C(=O)O)Cc2ccccc2)cs1)C(C)C. The minimum atomic E-state index is -1.04. The van der Waals surface area contributed by atoms with E-state index in [2.05, 4.69) is 34.4 Å². The summed E-state index contributed by atoms with van der Waals surface area (Å²) >= 11 is 1.39. The molecule has 258 valence electrons. The van der Waals surface area contributed by atoms with Gasteiger partial charge in [-0.25, -0.2) is 9.78 Å². The Morgan fingerprint density at radius 1 is 1.13 bits per heavy atom. The summed E-state index contributed by atoms with van der Waals surface area (Å²) in [6.45, 7) is 10.6. The Balaban J connectivity index is 1.67. The lowest BCUT2D eigenvalue weighted by atomic mass is 9.93. The molecule has 3 N–H and O–H groups in total. The highest BCUT2D eigenvalue weighted by Gasteiger charge is 2.35. The monoisotopic (exact) mass is 667 g/mol. The third-order valence-electron chi connectivity index (χ3n) is 9.31. The second-order valence-electron chi connectivity index (χ2n) is 13.2. The number of carbonyl (C=O) groups is 4. The Kier molecular flexibility index (Phi) is 14.6. The van der Waals surface area contributed by atoms with E-state index in [1.807, 2.05) is 58.3 Å². The molecular weight excluding hydrogens is 614 g/mol. The lowest BCUT2D eigenvalue weighted by Crippen LogP contribution is -2.57. The van der Waals surface area contributed by atoms with Gasteiger partial charge in [-0.05, 0) is 63.6 Å². The van der Waals surface area contributed by atoms with Crippen LogP contribution in [0.15, 0.2) is 47.4 Å². The molecule has 1 aromatic carbocycles. The van der Waals surface area contributed by atoms with Crippen molar-refractivity contribution in [3.63, 3.8) is 0 Å². The first kappa shape index (κ1) is 37.9. The summed E-state index contributed by atoms with van der Waals surface area (Å²) in [5.41, 5.74) is 1.41. The van der Waals surface area contributed by atoms with E-state index in [1.165, 1.54) is 18.3 Å². The molecular formula is C36H53N5O5S. The number of nitrogens with zero attached hydrogens (tertiary/aromatic N) is 3. The molecule has 0 saturated carbocycles. The molecule has 0 bridgehead atoms. The number of nitrogens with one attached hydrogen (secondary N) is 2. The van der Waals surface area contributed by atoms with Gasteiger partial charge < -0.3 is 20.6 Å². The normalized spacial score (nSPS) is 18.2. The van der Waals surface area contributed by atoms with Crippen molar-refractivity contribution < 1.29 is 24.3 Å². The fourth-order valence-electron chi connectivity index (χ4n) is 6.13. The molecule has 0 unspecified atom stereocenters. The number of rotatable bonds is 16. The molecule has 2 heterocycles. The third kappa shape index (κ3) is 11.0. The van der Waals surface area contributed by atoms with Crippen LogP contribution in [-0.4, -0.2) is 88.4 Å². The quantitative estimate of drug-likeness (QED) is 0.216. The highest BCUT2D eigenvalue weighted by Crippen LogP contribution is 2.22. The number of thiazole rings is 1. The Bertz CT molecular complexity index is 1380. The molecule has 1 fully saturated rings. The lowest BCUT2D eigenvalue weighted by Gasteiger charge is -2.37. The van der Waals surface area contributed by atoms with Gasteiger partial charge >= 0.3 is 5.97 Å². The fraction of sp³-hybridized carbons (Fsp3) is 0.583. The number of carboxylic acids is 1. The number of aromatic nitrogens is 1. The van der Waals surface area contributed by atoms with E-state index in [4.69, 9.17) is 0 Å². The zero-order valence-electron chi connectivity index (χ0n) is 29.0. The maximum absolute atomic E-state index is 13.9. The predicted octanol–water partition coefficient (Wildman–Crippen LogP) is 4.95. The van der Waals surface area contributed by atoms with Crippen LogP contribution < -0.4 is 10.6 Å². The smallest absolute Gasteiger partial charge is 0.331 e.